The van der Waals surface area contributed by atoms with Crippen molar-refractivity contribution in [3.05, 3.63) is 24.2 Å². The lowest BCUT2D eigenvalue weighted by atomic mass is 9.93. The Morgan fingerprint density at radius 3 is 2.76 bits per heavy atom. The van der Waals surface area contributed by atoms with Crippen LogP contribution in [-0.4, -0.2) is 31.6 Å². The van der Waals surface area contributed by atoms with Crippen LogP contribution in [-0.2, 0) is 6.54 Å². The Morgan fingerprint density at radius 1 is 1.41 bits per heavy atom. The molecule has 2 heterocycles. The van der Waals surface area contributed by atoms with Gasteiger partial charge in [0.05, 0.1) is 12.8 Å². The van der Waals surface area contributed by atoms with E-state index in [0.717, 1.165) is 24.8 Å². The molecular weight excluding hydrogens is 236 g/mol. The third-order valence-corrected chi connectivity index (χ3v) is 3.47. The van der Waals surface area contributed by atoms with E-state index in [4.69, 9.17) is 4.42 Å². The summed E-state index contributed by atoms with van der Waals surface area (Å²) in [5, 5.41) is 3.23. The normalized spacial score (nSPS) is 17.9. The smallest absolute Gasteiger partial charge is 0.117 e. The van der Waals surface area contributed by atoms with E-state index in [2.05, 4.69) is 16.3 Å². The lowest BCUT2D eigenvalue weighted by Gasteiger charge is -2.31. The van der Waals surface area contributed by atoms with Gasteiger partial charge in [-0.1, -0.05) is 0 Å². The molecule has 0 bridgehead atoms. The van der Waals surface area contributed by atoms with Crippen LogP contribution in [0.15, 0.2) is 22.8 Å². The third kappa shape index (κ3) is 4.70. The van der Waals surface area contributed by atoms with Gasteiger partial charge in [-0.25, -0.2) is 0 Å². The molecule has 1 saturated heterocycles. The summed E-state index contributed by atoms with van der Waals surface area (Å²) in [5.41, 5.74) is 0. The zero-order valence-corrected chi connectivity index (χ0v) is 11.3. The first-order valence-electron chi connectivity index (χ1n) is 6.28. The van der Waals surface area contributed by atoms with Crippen LogP contribution in [0.5, 0.6) is 0 Å². The first-order valence-corrected chi connectivity index (χ1v) is 6.28. The number of halogens is 1. The molecule has 0 amide bonds. The fraction of sp³-hybridized carbons (Fsp3) is 0.692. The fourth-order valence-corrected chi connectivity index (χ4v) is 2.40. The van der Waals surface area contributed by atoms with Crippen molar-refractivity contribution in [2.75, 3.05) is 26.7 Å². The van der Waals surface area contributed by atoms with E-state index >= 15 is 0 Å². The third-order valence-electron chi connectivity index (χ3n) is 3.47. The van der Waals surface area contributed by atoms with Crippen molar-refractivity contribution in [3.63, 3.8) is 0 Å². The summed E-state index contributed by atoms with van der Waals surface area (Å²) in [6.45, 7) is 4.57. The number of hydrogen-bond donors (Lipinski definition) is 1. The van der Waals surface area contributed by atoms with E-state index in [1.54, 1.807) is 6.26 Å². The van der Waals surface area contributed by atoms with Crippen LogP contribution in [0.1, 0.15) is 25.0 Å². The number of furan rings is 1. The van der Waals surface area contributed by atoms with Crippen molar-refractivity contribution in [1.82, 2.24) is 10.2 Å². The highest BCUT2D eigenvalue weighted by Gasteiger charge is 2.19. The predicted molar refractivity (Wildman–Crippen MR) is 72.5 cm³/mol. The van der Waals surface area contributed by atoms with Crippen LogP contribution < -0.4 is 5.32 Å². The second kappa shape index (κ2) is 7.75. The fourth-order valence-electron chi connectivity index (χ4n) is 2.40. The van der Waals surface area contributed by atoms with E-state index in [-0.39, 0.29) is 12.4 Å². The summed E-state index contributed by atoms with van der Waals surface area (Å²) in [6.07, 6.45) is 5.75. The molecule has 0 atom stereocenters. The van der Waals surface area contributed by atoms with Gasteiger partial charge in [-0.2, -0.15) is 0 Å². The first-order chi connectivity index (χ1) is 7.88. The van der Waals surface area contributed by atoms with Gasteiger partial charge in [0, 0.05) is 0 Å². The number of likely N-dealkylation sites (tertiary alicyclic amines) is 1. The average Bonchev–Trinajstić information content (AvgIpc) is 2.81. The summed E-state index contributed by atoms with van der Waals surface area (Å²) < 4.78 is 5.38. The molecule has 1 N–H and O–H groups in total. The zero-order chi connectivity index (χ0) is 11.2. The van der Waals surface area contributed by atoms with Gasteiger partial charge in [0.1, 0.15) is 5.76 Å². The minimum absolute atomic E-state index is 0. The van der Waals surface area contributed by atoms with Crippen LogP contribution in [0, 0.1) is 5.92 Å². The zero-order valence-electron chi connectivity index (χ0n) is 10.5. The molecule has 4 heteroatoms. The number of piperidine rings is 1. The summed E-state index contributed by atoms with van der Waals surface area (Å²) in [4.78, 5) is 2.49. The Hall–Kier alpha value is -0.510. The van der Waals surface area contributed by atoms with Crippen molar-refractivity contribution in [2.24, 2.45) is 5.92 Å². The molecule has 1 aromatic rings. The number of nitrogens with one attached hydrogen (secondary N) is 1. The lowest BCUT2D eigenvalue weighted by Crippen LogP contribution is -2.33. The maximum atomic E-state index is 5.38. The summed E-state index contributed by atoms with van der Waals surface area (Å²) in [5.74, 6) is 2.01. The van der Waals surface area contributed by atoms with Crippen LogP contribution in [0.3, 0.4) is 0 Å². The number of hydrogen-bond acceptors (Lipinski definition) is 3. The highest BCUT2D eigenvalue weighted by atomic mass is 35.5. The monoisotopic (exact) mass is 258 g/mol. The maximum absolute atomic E-state index is 5.38. The van der Waals surface area contributed by atoms with Crippen molar-refractivity contribution < 1.29 is 4.42 Å². The molecule has 98 valence electrons. The lowest BCUT2D eigenvalue weighted by molar-refractivity contribution is 0.162. The quantitative estimate of drug-likeness (QED) is 0.880. The molecule has 0 aromatic carbocycles. The topological polar surface area (TPSA) is 28.4 Å². The first kappa shape index (κ1) is 14.6. The van der Waals surface area contributed by atoms with E-state index in [9.17, 15) is 0 Å². The Kier molecular flexibility index (Phi) is 6.63. The van der Waals surface area contributed by atoms with Gasteiger partial charge in [-0.3, -0.25) is 4.90 Å². The molecule has 0 unspecified atom stereocenters. The van der Waals surface area contributed by atoms with Crippen LogP contribution in [0.2, 0.25) is 0 Å². The van der Waals surface area contributed by atoms with Crippen LogP contribution in [0.25, 0.3) is 0 Å². The van der Waals surface area contributed by atoms with Gasteiger partial charge in [-0.05, 0) is 64.0 Å². The molecule has 1 aromatic heterocycles. The van der Waals surface area contributed by atoms with Crippen molar-refractivity contribution >= 4 is 12.4 Å². The SMILES string of the molecule is CNCCC1CCN(Cc2ccco2)CC1.Cl. The van der Waals surface area contributed by atoms with Crippen molar-refractivity contribution in [2.45, 2.75) is 25.8 Å². The van der Waals surface area contributed by atoms with Gasteiger partial charge < -0.3 is 9.73 Å². The Labute approximate surface area is 110 Å². The molecule has 1 aliphatic heterocycles. The van der Waals surface area contributed by atoms with E-state index in [0.29, 0.717) is 0 Å². The van der Waals surface area contributed by atoms with E-state index in [1.807, 2.05) is 13.1 Å². The molecule has 1 aliphatic rings. The van der Waals surface area contributed by atoms with Gasteiger partial charge in [0.2, 0.25) is 0 Å². The maximum Gasteiger partial charge on any atom is 0.117 e. The van der Waals surface area contributed by atoms with E-state index in [1.165, 1.54) is 32.4 Å². The second-order valence-corrected chi connectivity index (χ2v) is 4.69. The van der Waals surface area contributed by atoms with Gasteiger partial charge in [0.25, 0.3) is 0 Å². The summed E-state index contributed by atoms with van der Waals surface area (Å²) >= 11 is 0. The average molecular weight is 259 g/mol. The van der Waals surface area contributed by atoms with Crippen LogP contribution in [0.4, 0.5) is 0 Å². The number of nitrogens with zero attached hydrogens (tertiary/aromatic N) is 1. The largest absolute Gasteiger partial charge is 0.468 e. The highest BCUT2D eigenvalue weighted by molar-refractivity contribution is 5.85. The molecular formula is C13H23ClN2O. The second-order valence-electron chi connectivity index (χ2n) is 4.69. The van der Waals surface area contributed by atoms with Crippen molar-refractivity contribution in [1.29, 1.82) is 0 Å². The minimum atomic E-state index is 0. The Morgan fingerprint density at radius 2 is 2.18 bits per heavy atom. The van der Waals surface area contributed by atoms with Gasteiger partial charge >= 0.3 is 0 Å². The molecule has 3 nitrogen and oxygen atoms in total. The Balaban J connectivity index is 0.00000144. The highest BCUT2D eigenvalue weighted by Crippen LogP contribution is 2.21. The van der Waals surface area contributed by atoms with Gasteiger partial charge in [-0.15, -0.1) is 12.4 Å². The predicted octanol–water partition coefficient (Wildman–Crippen LogP) is 2.52. The summed E-state index contributed by atoms with van der Waals surface area (Å²) in [6, 6.07) is 4.03. The molecule has 1 fully saturated rings. The standard InChI is InChI=1S/C13H22N2O.ClH/c1-14-7-4-12-5-8-15(9-6-12)11-13-3-2-10-16-13;/h2-3,10,12,14H,4-9,11H2,1H3;1H. The minimum Gasteiger partial charge on any atom is -0.468 e. The Bertz CT molecular complexity index is 282. The molecule has 0 spiro atoms. The molecule has 0 radical (unpaired) electrons. The number of rotatable bonds is 5. The molecule has 0 saturated carbocycles. The molecule has 17 heavy (non-hydrogen) atoms. The van der Waals surface area contributed by atoms with E-state index < -0.39 is 0 Å². The molecule has 0 aliphatic carbocycles. The van der Waals surface area contributed by atoms with Gasteiger partial charge in [0.15, 0.2) is 0 Å². The van der Waals surface area contributed by atoms with Crippen LogP contribution >= 0.6 is 12.4 Å². The molecule has 2 rings (SSSR count). The summed E-state index contributed by atoms with van der Waals surface area (Å²) in [7, 11) is 2.03. The van der Waals surface area contributed by atoms with Crippen molar-refractivity contribution in [3.8, 4) is 0 Å².